The summed E-state index contributed by atoms with van der Waals surface area (Å²) in [6.07, 6.45) is 1.58. The van der Waals surface area contributed by atoms with E-state index in [4.69, 9.17) is 15.2 Å². The third-order valence-corrected chi connectivity index (χ3v) is 6.77. The van der Waals surface area contributed by atoms with Crippen LogP contribution in [0.15, 0.2) is 42.6 Å². The van der Waals surface area contributed by atoms with Gasteiger partial charge in [0, 0.05) is 22.7 Å². The van der Waals surface area contributed by atoms with E-state index in [1.165, 1.54) is 19.2 Å². The minimum atomic E-state index is -1.20. The molecule has 2 aromatic carbocycles. The van der Waals surface area contributed by atoms with Crippen molar-refractivity contribution >= 4 is 33.3 Å². The van der Waals surface area contributed by atoms with Gasteiger partial charge in [0.2, 0.25) is 5.88 Å². The Balaban J connectivity index is 1.64. The molecule has 9 nitrogen and oxygen atoms in total. The molecule has 1 aliphatic heterocycles. The van der Waals surface area contributed by atoms with Crippen LogP contribution in [0.1, 0.15) is 18.5 Å². The van der Waals surface area contributed by atoms with Crippen molar-refractivity contribution in [3.8, 4) is 28.9 Å². The summed E-state index contributed by atoms with van der Waals surface area (Å²) in [6.45, 7) is 2.33. The lowest BCUT2D eigenvalue weighted by Crippen LogP contribution is -2.31. The molecular weight excluding hydrogens is 513 g/mol. The van der Waals surface area contributed by atoms with Crippen molar-refractivity contribution < 1.29 is 27.8 Å². The summed E-state index contributed by atoms with van der Waals surface area (Å²) in [7, 11) is 1.34. The molecule has 5 aromatic rings. The van der Waals surface area contributed by atoms with Crippen LogP contribution in [0.5, 0.6) is 17.6 Å². The van der Waals surface area contributed by atoms with Gasteiger partial charge in [0.1, 0.15) is 40.6 Å². The van der Waals surface area contributed by atoms with Crippen LogP contribution in [0.25, 0.3) is 32.9 Å². The van der Waals surface area contributed by atoms with Crippen LogP contribution in [0.3, 0.4) is 0 Å². The number of aromatic hydroxyl groups is 1. The van der Waals surface area contributed by atoms with Gasteiger partial charge in [0.25, 0.3) is 0 Å². The number of fused-ring (bicyclic) bond motifs is 1. The van der Waals surface area contributed by atoms with Crippen molar-refractivity contribution in [2.24, 2.45) is 0 Å². The molecule has 1 unspecified atom stereocenters. The molecule has 0 bridgehead atoms. The first kappa shape index (κ1) is 24.5. The topological polar surface area (TPSA) is 120 Å². The van der Waals surface area contributed by atoms with Gasteiger partial charge >= 0.3 is 6.01 Å². The molecule has 0 saturated carbocycles. The van der Waals surface area contributed by atoms with E-state index in [0.29, 0.717) is 12.4 Å². The van der Waals surface area contributed by atoms with Gasteiger partial charge in [-0.3, -0.25) is 0 Å². The largest absolute Gasteiger partial charge is 0.508 e. The number of aromatic nitrogens is 4. The lowest BCUT2D eigenvalue weighted by molar-refractivity contribution is 0.316. The monoisotopic (exact) mass is 534 g/mol. The Hall–Kier alpha value is -4.87. The number of hydrogen-bond acceptors (Lipinski definition) is 9. The van der Waals surface area contributed by atoms with E-state index in [1.807, 2.05) is 17.9 Å². The molecule has 3 N–H and O–H groups in total. The van der Waals surface area contributed by atoms with Crippen LogP contribution in [-0.2, 0) is 0 Å². The Morgan fingerprint density at radius 3 is 2.67 bits per heavy atom. The maximum atomic E-state index is 16.3. The number of nitrogens with two attached hydrogens (primary N) is 1. The van der Waals surface area contributed by atoms with E-state index in [2.05, 4.69) is 19.9 Å². The molecule has 12 heteroatoms. The fourth-order valence-corrected chi connectivity index (χ4v) is 4.93. The summed E-state index contributed by atoms with van der Waals surface area (Å²) in [5, 5.41) is 10.4. The van der Waals surface area contributed by atoms with E-state index in [9.17, 15) is 13.9 Å². The SMILES string of the molecule is COc1nc2c3c(nc(-c4cc(O)cc5ccc(F)c(F)c45)c(F)c3n1)OCCN2C(C)c1cccnc1N. The molecular formula is C27H21F3N6O3. The summed E-state index contributed by atoms with van der Waals surface area (Å²) in [5.74, 6) is -2.97. The van der Waals surface area contributed by atoms with Crippen LogP contribution in [0, 0.1) is 17.5 Å². The standard InChI is InChI=1S/C27H21F3N6O3/c1-12(15-4-3-7-32-24(15)31)36-8-9-39-26-19-23(34-27(38-2)35-25(19)36)21(30)22(33-26)16-11-14(37)10-13-5-6-17(28)20(29)18(13)16/h3-7,10-12,37H,8-9H2,1-2H3,(H2,31,32). The second kappa shape index (κ2) is 9.15. The second-order valence-corrected chi connectivity index (χ2v) is 8.99. The van der Waals surface area contributed by atoms with Gasteiger partial charge in [-0.05, 0) is 36.6 Å². The number of nitrogens with zero attached hydrogens (tertiary/aromatic N) is 5. The molecule has 198 valence electrons. The van der Waals surface area contributed by atoms with Crippen LogP contribution in [0.4, 0.5) is 24.8 Å². The van der Waals surface area contributed by atoms with Gasteiger partial charge in [-0.25, -0.2) is 23.1 Å². The van der Waals surface area contributed by atoms with Gasteiger partial charge < -0.3 is 25.2 Å². The molecule has 0 amide bonds. The number of nitrogen functional groups attached to an aromatic ring is 1. The number of methoxy groups -OCH3 is 1. The number of anilines is 2. The Kier molecular flexibility index (Phi) is 5.74. The lowest BCUT2D eigenvalue weighted by atomic mass is 9.99. The Morgan fingerprint density at radius 2 is 1.90 bits per heavy atom. The second-order valence-electron chi connectivity index (χ2n) is 8.99. The summed E-state index contributed by atoms with van der Waals surface area (Å²) in [4.78, 5) is 19.1. The van der Waals surface area contributed by atoms with E-state index in [0.717, 1.165) is 17.7 Å². The maximum absolute atomic E-state index is 16.3. The molecule has 0 aliphatic carbocycles. The number of phenols is 1. The number of pyridine rings is 2. The minimum Gasteiger partial charge on any atom is -0.508 e. The average Bonchev–Trinajstić information content (AvgIpc) is 3.11. The molecule has 39 heavy (non-hydrogen) atoms. The Labute approximate surface area is 219 Å². The predicted octanol–water partition coefficient (Wildman–Crippen LogP) is 4.91. The van der Waals surface area contributed by atoms with Crippen molar-refractivity contribution in [1.29, 1.82) is 0 Å². The number of rotatable bonds is 4. The first-order chi connectivity index (χ1) is 18.8. The van der Waals surface area contributed by atoms with Crippen molar-refractivity contribution in [3.05, 3.63) is 65.6 Å². The summed E-state index contributed by atoms with van der Waals surface area (Å²) in [6, 6.07) is 7.68. The zero-order chi connectivity index (χ0) is 27.4. The fourth-order valence-electron chi connectivity index (χ4n) is 4.93. The highest BCUT2D eigenvalue weighted by Gasteiger charge is 2.31. The predicted molar refractivity (Wildman–Crippen MR) is 138 cm³/mol. The van der Waals surface area contributed by atoms with Gasteiger partial charge in [0.15, 0.2) is 17.5 Å². The molecule has 6 rings (SSSR count). The van der Waals surface area contributed by atoms with Crippen LogP contribution in [0.2, 0.25) is 0 Å². The van der Waals surface area contributed by atoms with Crippen LogP contribution < -0.4 is 20.1 Å². The zero-order valence-corrected chi connectivity index (χ0v) is 20.7. The Bertz CT molecular complexity index is 1780. The van der Waals surface area contributed by atoms with Crippen molar-refractivity contribution in [2.45, 2.75) is 13.0 Å². The lowest BCUT2D eigenvalue weighted by Gasteiger charge is -2.30. The number of benzene rings is 2. The third-order valence-electron chi connectivity index (χ3n) is 6.77. The molecule has 4 heterocycles. The van der Waals surface area contributed by atoms with Gasteiger partial charge in [-0.1, -0.05) is 12.1 Å². The van der Waals surface area contributed by atoms with E-state index >= 15 is 4.39 Å². The van der Waals surface area contributed by atoms with Crippen molar-refractivity contribution in [1.82, 2.24) is 19.9 Å². The van der Waals surface area contributed by atoms with Gasteiger partial charge in [0.05, 0.1) is 19.7 Å². The third kappa shape index (κ3) is 3.87. The fraction of sp³-hybridized carbons (Fsp3) is 0.185. The van der Waals surface area contributed by atoms with E-state index < -0.39 is 17.5 Å². The first-order valence-electron chi connectivity index (χ1n) is 11.9. The summed E-state index contributed by atoms with van der Waals surface area (Å²) < 4.78 is 56.8. The molecule has 0 radical (unpaired) electrons. The molecule has 0 spiro atoms. The first-order valence-corrected chi connectivity index (χ1v) is 11.9. The van der Waals surface area contributed by atoms with Crippen LogP contribution >= 0.6 is 0 Å². The van der Waals surface area contributed by atoms with Gasteiger partial charge in [-0.2, -0.15) is 9.97 Å². The Morgan fingerprint density at radius 1 is 1.08 bits per heavy atom. The number of ether oxygens (including phenoxy) is 2. The van der Waals surface area contributed by atoms with Crippen LogP contribution in [-0.4, -0.2) is 45.3 Å². The molecule has 1 atom stereocenters. The number of phenolic OH excluding ortho intramolecular Hbond substituents is 1. The summed E-state index contributed by atoms with van der Waals surface area (Å²) >= 11 is 0. The minimum absolute atomic E-state index is 0.0128. The van der Waals surface area contributed by atoms with Gasteiger partial charge in [-0.15, -0.1) is 0 Å². The van der Waals surface area contributed by atoms with Crippen molar-refractivity contribution in [3.63, 3.8) is 0 Å². The molecule has 1 aliphatic rings. The van der Waals surface area contributed by atoms with E-state index in [-0.39, 0.29) is 69.0 Å². The summed E-state index contributed by atoms with van der Waals surface area (Å²) in [5.41, 5.74) is 6.09. The van der Waals surface area contributed by atoms with Crippen molar-refractivity contribution in [2.75, 3.05) is 30.9 Å². The smallest absolute Gasteiger partial charge is 0.318 e. The molecule has 0 saturated heterocycles. The number of hydrogen-bond donors (Lipinski definition) is 2. The molecule has 3 aromatic heterocycles. The highest BCUT2D eigenvalue weighted by atomic mass is 19.2. The zero-order valence-electron chi connectivity index (χ0n) is 20.7. The highest BCUT2D eigenvalue weighted by Crippen LogP contribution is 2.43. The normalized spacial score (nSPS) is 13.8. The van der Waals surface area contributed by atoms with E-state index in [1.54, 1.807) is 12.3 Å². The maximum Gasteiger partial charge on any atom is 0.318 e. The highest BCUT2D eigenvalue weighted by molar-refractivity contribution is 6.02. The average molecular weight is 534 g/mol. The molecule has 0 fully saturated rings. The quantitative estimate of drug-likeness (QED) is 0.331. The number of halogens is 3.